The van der Waals surface area contributed by atoms with Gasteiger partial charge in [0, 0.05) is 30.6 Å². The van der Waals surface area contributed by atoms with Crippen LogP contribution in [0.5, 0.6) is 0 Å². The molecule has 1 fully saturated rings. The van der Waals surface area contributed by atoms with Gasteiger partial charge in [-0.05, 0) is 36.8 Å². The Kier molecular flexibility index (Phi) is 9.26. The van der Waals surface area contributed by atoms with Crippen molar-refractivity contribution in [1.82, 2.24) is 15.3 Å². The van der Waals surface area contributed by atoms with Gasteiger partial charge in [0.2, 0.25) is 11.9 Å². The Bertz CT molecular complexity index is 1210. The molecule has 3 aromatic rings. The lowest BCUT2D eigenvalue weighted by Crippen LogP contribution is -2.54. The van der Waals surface area contributed by atoms with E-state index in [9.17, 15) is 19.6 Å². The van der Waals surface area contributed by atoms with E-state index in [1.807, 2.05) is 85.5 Å². The second-order valence-electron chi connectivity index (χ2n) is 10.3. The molecule has 198 valence electrons. The summed E-state index contributed by atoms with van der Waals surface area (Å²) >= 11 is 0. The molecule has 0 saturated carbocycles. The van der Waals surface area contributed by atoms with Crippen LogP contribution < -0.4 is 10.2 Å². The van der Waals surface area contributed by atoms with Gasteiger partial charge in [-0.15, -0.1) is 0 Å². The fourth-order valence-corrected chi connectivity index (χ4v) is 4.82. The van der Waals surface area contributed by atoms with Gasteiger partial charge < -0.3 is 20.3 Å². The highest BCUT2D eigenvalue weighted by molar-refractivity contribution is 6.43. The Balaban J connectivity index is 1.49. The molecular formula is C29H35BN4O4. The van der Waals surface area contributed by atoms with Crippen LogP contribution in [0, 0.1) is 11.8 Å². The molecule has 4 rings (SSSR count). The number of amides is 1. The summed E-state index contributed by atoms with van der Waals surface area (Å²) in [6, 6.07) is 20.8. The molecule has 0 spiro atoms. The van der Waals surface area contributed by atoms with Crippen LogP contribution in [0.15, 0.2) is 72.9 Å². The van der Waals surface area contributed by atoms with Crippen LogP contribution in [0.2, 0.25) is 0 Å². The molecule has 9 heteroatoms. The van der Waals surface area contributed by atoms with E-state index in [1.165, 1.54) is 0 Å². The number of ketones is 1. The summed E-state index contributed by atoms with van der Waals surface area (Å²) in [5.74, 6) is -1.19. The average molecular weight is 514 g/mol. The first-order valence-electron chi connectivity index (χ1n) is 13.2. The van der Waals surface area contributed by atoms with Gasteiger partial charge in [0.25, 0.3) is 0 Å². The summed E-state index contributed by atoms with van der Waals surface area (Å²) in [5.41, 5.74) is 2.70. The van der Waals surface area contributed by atoms with Crippen LogP contribution in [0.4, 0.5) is 5.95 Å². The third-order valence-corrected chi connectivity index (χ3v) is 6.92. The maximum Gasteiger partial charge on any atom is 0.475 e. The van der Waals surface area contributed by atoms with Crippen molar-refractivity contribution >= 4 is 24.8 Å². The summed E-state index contributed by atoms with van der Waals surface area (Å²) in [7, 11) is -1.68. The number of Topliss-reactive ketones (excluding diaryl/α,β-unsaturated/α-hetero) is 1. The van der Waals surface area contributed by atoms with Gasteiger partial charge in [0.1, 0.15) is 0 Å². The molecule has 0 bridgehead atoms. The number of aromatic nitrogens is 2. The molecule has 2 aromatic carbocycles. The minimum absolute atomic E-state index is 0.0379. The lowest BCUT2D eigenvalue weighted by molar-refractivity contribution is -0.130. The van der Waals surface area contributed by atoms with E-state index in [0.29, 0.717) is 31.8 Å². The number of nitrogens with zero attached hydrogens (tertiary/aromatic N) is 3. The zero-order valence-electron chi connectivity index (χ0n) is 21.9. The monoisotopic (exact) mass is 514 g/mol. The van der Waals surface area contributed by atoms with Crippen molar-refractivity contribution in [3.05, 3.63) is 78.5 Å². The third kappa shape index (κ3) is 7.05. The van der Waals surface area contributed by atoms with Gasteiger partial charge in [-0.25, -0.2) is 9.97 Å². The predicted molar refractivity (Wildman–Crippen MR) is 148 cm³/mol. The number of carbonyl (C=O) groups excluding carboxylic acids is 2. The summed E-state index contributed by atoms with van der Waals surface area (Å²) in [6.07, 6.45) is 3.20. The van der Waals surface area contributed by atoms with E-state index < -0.39 is 25.0 Å². The van der Waals surface area contributed by atoms with E-state index >= 15 is 0 Å². The Labute approximate surface area is 224 Å². The number of hydrogen-bond donors (Lipinski definition) is 3. The highest BCUT2D eigenvalue weighted by Crippen LogP contribution is 2.28. The highest BCUT2D eigenvalue weighted by atomic mass is 16.4. The number of rotatable bonds is 12. The molecule has 1 aliphatic heterocycles. The minimum atomic E-state index is -1.68. The normalized spacial score (nSPS) is 16.4. The smallest absolute Gasteiger partial charge is 0.426 e. The van der Waals surface area contributed by atoms with Gasteiger partial charge in [-0.3, -0.25) is 9.59 Å². The van der Waals surface area contributed by atoms with E-state index in [-0.39, 0.29) is 24.0 Å². The first kappa shape index (κ1) is 27.5. The summed E-state index contributed by atoms with van der Waals surface area (Å²) in [4.78, 5) is 37.8. The zero-order valence-corrected chi connectivity index (χ0v) is 21.9. The van der Waals surface area contributed by atoms with E-state index in [4.69, 9.17) is 4.98 Å². The fourth-order valence-electron chi connectivity index (χ4n) is 4.82. The first-order valence-corrected chi connectivity index (χ1v) is 13.2. The van der Waals surface area contributed by atoms with Crippen molar-refractivity contribution in [2.45, 2.75) is 51.5 Å². The Morgan fingerprint density at radius 1 is 1.05 bits per heavy atom. The fraction of sp³-hybridized carbons (Fsp3) is 0.379. The third-order valence-electron chi connectivity index (χ3n) is 6.92. The number of nitrogens with one attached hydrogen (secondary N) is 1. The van der Waals surface area contributed by atoms with Gasteiger partial charge in [-0.1, -0.05) is 74.5 Å². The van der Waals surface area contributed by atoms with Crippen LogP contribution >= 0.6 is 0 Å². The van der Waals surface area contributed by atoms with Crippen molar-refractivity contribution in [2.24, 2.45) is 11.8 Å². The van der Waals surface area contributed by atoms with Gasteiger partial charge in [0.05, 0.1) is 17.7 Å². The van der Waals surface area contributed by atoms with Crippen molar-refractivity contribution in [2.75, 3.05) is 11.4 Å². The standard InChI is InChI=1S/C29H35BN4O4/c1-20(2)17-27(30(37)38)33-28(36)23(18-21-9-5-3-6-10-21)19-26(35)25-14-16-34(25)29-31-15-13-24(32-29)22-11-7-4-8-12-22/h3-13,15,20,23,25,27,37-38H,14,16-19H2,1-2H3,(H,33,36). The van der Waals surface area contributed by atoms with Gasteiger partial charge in [-0.2, -0.15) is 0 Å². The molecule has 3 N–H and O–H groups in total. The van der Waals surface area contributed by atoms with Crippen molar-refractivity contribution < 1.29 is 19.6 Å². The van der Waals surface area contributed by atoms with Crippen molar-refractivity contribution in [3.63, 3.8) is 0 Å². The zero-order chi connectivity index (χ0) is 27.1. The molecule has 0 aliphatic carbocycles. The molecule has 8 nitrogen and oxygen atoms in total. The van der Waals surface area contributed by atoms with Crippen molar-refractivity contribution in [1.29, 1.82) is 0 Å². The molecule has 3 unspecified atom stereocenters. The summed E-state index contributed by atoms with van der Waals surface area (Å²) in [5, 5.41) is 22.4. The van der Waals surface area contributed by atoms with E-state index in [1.54, 1.807) is 6.20 Å². The largest absolute Gasteiger partial charge is 0.475 e. The lowest BCUT2D eigenvalue weighted by atomic mass is 9.74. The molecule has 0 radical (unpaired) electrons. The number of benzene rings is 2. The molecule has 1 saturated heterocycles. The Hall–Kier alpha value is -3.56. The van der Waals surface area contributed by atoms with Crippen LogP contribution in [-0.2, 0) is 16.0 Å². The maximum atomic E-state index is 13.5. The molecular weight excluding hydrogens is 479 g/mol. The SMILES string of the molecule is CC(C)CC(NC(=O)C(CC(=O)C1CCN1c1nccc(-c2ccccc2)n1)Cc1ccccc1)B(O)O. The molecule has 2 heterocycles. The number of hydrogen-bond acceptors (Lipinski definition) is 7. The molecule has 38 heavy (non-hydrogen) atoms. The molecule has 1 amide bonds. The first-order chi connectivity index (χ1) is 18.3. The van der Waals surface area contributed by atoms with E-state index in [2.05, 4.69) is 10.3 Å². The minimum Gasteiger partial charge on any atom is -0.426 e. The predicted octanol–water partition coefficient (Wildman–Crippen LogP) is 3.08. The van der Waals surface area contributed by atoms with Gasteiger partial charge in [0.15, 0.2) is 5.78 Å². The highest BCUT2D eigenvalue weighted by Gasteiger charge is 2.38. The molecule has 1 aromatic heterocycles. The number of carbonyl (C=O) groups is 2. The Morgan fingerprint density at radius 3 is 2.34 bits per heavy atom. The average Bonchev–Trinajstić information content (AvgIpc) is 2.88. The summed E-state index contributed by atoms with van der Waals surface area (Å²) in [6.45, 7) is 4.57. The maximum absolute atomic E-state index is 13.5. The van der Waals surface area contributed by atoms with Crippen LogP contribution in [0.1, 0.15) is 38.7 Å². The van der Waals surface area contributed by atoms with E-state index in [0.717, 1.165) is 16.8 Å². The second kappa shape index (κ2) is 12.8. The number of anilines is 1. The quantitative estimate of drug-likeness (QED) is 0.318. The topological polar surface area (TPSA) is 116 Å². The second-order valence-corrected chi connectivity index (χ2v) is 10.3. The van der Waals surface area contributed by atoms with Crippen LogP contribution in [-0.4, -0.2) is 57.4 Å². The molecule has 3 atom stereocenters. The van der Waals surface area contributed by atoms with Crippen LogP contribution in [0.25, 0.3) is 11.3 Å². The van der Waals surface area contributed by atoms with Crippen LogP contribution in [0.3, 0.4) is 0 Å². The molecule has 1 aliphatic rings. The van der Waals surface area contributed by atoms with Gasteiger partial charge >= 0.3 is 7.12 Å². The van der Waals surface area contributed by atoms with Crippen molar-refractivity contribution in [3.8, 4) is 11.3 Å². The lowest BCUT2D eigenvalue weighted by Gasteiger charge is -2.40. The summed E-state index contributed by atoms with van der Waals surface area (Å²) < 4.78 is 0. The Morgan fingerprint density at radius 2 is 1.74 bits per heavy atom.